The number of hydrogen-bond acceptors (Lipinski definition) is 5. The van der Waals surface area contributed by atoms with E-state index in [0.29, 0.717) is 44.7 Å². The molecule has 0 unspecified atom stereocenters. The summed E-state index contributed by atoms with van der Waals surface area (Å²) in [4.78, 5) is 43.4. The van der Waals surface area contributed by atoms with Gasteiger partial charge in [0.05, 0.1) is 6.10 Å². The number of nitrogens with one attached hydrogen (secondary N) is 1. The number of aliphatic hydroxyl groups excluding tert-OH is 1. The molecule has 3 aliphatic rings. The summed E-state index contributed by atoms with van der Waals surface area (Å²) in [5, 5.41) is 13.5. The van der Waals surface area contributed by atoms with Crippen molar-refractivity contribution in [2.24, 2.45) is 5.92 Å². The fourth-order valence-electron chi connectivity index (χ4n) is 5.75. The first-order chi connectivity index (χ1) is 16.5. The molecule has 3 saturated heterocycles. The van der Waals surface area contributed by atoms with E-state index in [1.165, 1.54) is 5.56 Å². The van der Waals surface area contributed by atoms with E-state index in [9.17, 15) is 19.5 Å². The predicted octanol–water partition coefficient (Wildman–Crippen LogP) is 3.05. The Bertz CT molecular complexity index is 930. The number of carbonyl (C=O) groups is 3. The molecule has 0 aliphatic carbocycles. The molecule has 3 aliphatic heterocycles. The topological polar surface area (TPSA) is 99.2 Å². The Morgan fingerprint density at radius 2 is 1.80 bits per heavy atom. The Morgan fingerprint density at radius 1 is 1.09 bits per heavy atom. The predicted molar refractivity (Wildman–Crippen MR) is 132 cm³/mol. The van der Waals surface area contributed by atoms with Crippen molar-refractivity contribution < 1.29 is 24.2 Å². The van der Waals surface area contributed by atoms with Crippen LogP contribution in [0.15, 0.2) is 30.3 Å². The quantitative estimate of drug-likeness (QED) is 0.686. The number of aliphatic hydroxyl groups is 1. The maximum Gasteiger partial charge on any atom is 0.408 e. The largest absolute Gasteiger partial charge is 0.444 e. The summed E-state index contributed by atoms with van der Waals surface area (Å²) >= 11 is 0. The summed E-state index contributed by atoms with van der Waals surface area (Å²) < 4.78 is 5.39. The molecule has 0 bridgehead atoms. The Labute approximate surface area is 208 Å². The second-order valence-corrected chi connectivity index (χ2v) is 11.4. The van der Waals surface area contributed by atoms with Gasteiger partial charge < -0.3 is 25.0 Å². The van der Waals surface area contributed by atoms with Gasteiger partial charge in [0, 0.05) is 25.0 Å². The van der Waals surface area contributed by atoms with Crippen LogP contribution in [0, 0.1) is 5.92 Å². The standard InChI is InChI=1S/C27H39N3O5/c1-17-14-21(28-26(34)35-27(2,3)4)24(32)30-20(15-23(17)31)10-11-22(30)25(33)29-13-12-19(16-29)18-8-6-5-7-9-18/h5-9,17,19-23,31H,10-16H2,1-4H3,(H,28,34)/t17-,19-,20-,21+,22+,23-/m1/s1. The number of amides is 3. The monoisotopic (exact) mass is 485 g/mol. The van der Waals surface area contributed by atoms with Crippen LogP contribution in [0.1, 0.15) is 71.3 Å². The maximum absolute atomic E-state index is 13.8. The lowest BCUT2D eigenvalue weighted by Gasteiger charge is -2.39. The van der Waals surface area contributed by atoms with Gasteiger partial charge in [-0.15, -0.1) is 0 Å². The Hall–Kier alpha value is -2.61. The second kappa shape index (κ2) is 10.2. The molecule has 8 nitrogen and oxygen atoms in total. The van der Waals surface area contributed by atoms with Crippen LogP contribution in [0.25, 0.3) is 0 Å². The van der Waals surface area contributed by atoms with E-state index >= 15 is 0 Å². The molecule has 3 heterocycles. The molecule has 3 amide bonds. The van der Waals surface area contributed by atoms with Gasteiger partial charge in [-0.25, -0.2) is 4.79 Å². The van der Waals surface area contributed by atoms with Crippen molar-refractivity contribution in [1.82, 2.24) is 15.1 Å². The number of alkyl carbamates (subject to hydrolysis) is 1. The molecule has 8 heteroatoms. The molecule has 192 valence electrons. The second-order valence-electron chi connectivity index (χ2n) is 11.4. The molecule has 2 N–H and O–H groups in total. The summed E-state index contributed by atoms with van der Waals surface area (Å²) in [6.45, 7) is 8.50. The fraction of sp³-hybridized carbons (Fsp3) is 0.667. The molecule has 4 rings (SSSR count). The molecular weight excluding hydrogens is 446 g/mol. The van der Waals surface area contributed by atoms with Gasteiger partial charge >= 0.3 is 6.09 Å². The van der Waals surface area contributed by atoms with Crippen molar-refractivity contribution in [2.45, 2.75) is 95.5 Å². The Morgan fingerprint density at radius 3 is 2.49 bits per heavy atom. The normalized spacial score (nSPS) is 31.5. The highest BCUT2D eigenvalue weighted by molar-refractivity contribution is 5.92. The summed E-state index contributed by atoms with van der Waals surface area (Å²) in [5.74, 6) is -0.154. The third kappa shape index (κ3) is 5.80. The first kappa shape index (κ1) is 25.5. The first-order valence-corrected chi connectivity index (χ1v) is 12.9. The zero-order chi connectivity index (χ0) is 25.3. The average Bonchev–Trinajstić information content (AvgIpc) is 3.44. The van der Waals surface area contributed by atoms with E-state index in [-0.39, 0.29) is 23.8 Å². The zero-order valence-corrected chi connectivity index (χ0v) is 21.3. The van der Waals surface area contributed by atoms with Gasteiger partial charge in [-0.05, 0) is 64.4 Å². The summed E-state index contributed by atoms with van der Waals surface area (Å²) in [6, 6.07) is 8.60. The van der Waals surface area contributed by atoms with Crippen molar-refractivity contribution in [3.8, 4) is 0 Å². The zero-order valence-electron chi connectivity index (χ0n) is 21.3. The highest BCUT2D eigenvalue weighted by atomic mass is 16.6. The van der Waals surface area contributed by atoms with Crippen molar-refractivity contribution in [1.29, 1.82) is 0 Å². The summed E-state index contributed by atoms with van der Waals surface area (Å²) in [7, 11) is 0. The molecule has 1 aromatic rings. The molecule has 6 atom stereocenters. The third-order valence-corrected chi connectivity index (χ3v) is 7.58. The number of carbonyl (C=O) groups excluding carboxylic acids is 3. The fourth-order valence-corrected chi connectivity index (χ4v) is 5.75. The number of fused-ring (bicyclic) bond motifs is 1. The number of rotatable bonds is 3. The molecule has 35 heavy (non-hydrogen) atoms. The summed E-state index contributed by atoms with van der Waals surface area (Å²) in [6.07, 6.45) is 1.61. The number of likely N-dealkylation sites (tertiary alicyclic amines) is 1. The average molecular weight is 486 g/mol. The first-order valence-electron chi connectivity index (χ1n) is 12.9. The molecular formula is C27H39N3O5. The Kier molecular flexibility index (Phi) is 7.40. The number of hydrogen-bond donors (Lipinski definition) is 2. The minimum absolute atomic E-state index is 0.0292. The van der Waals surface area contributed by atoms with Crippen molar-refractivity contribution >= 4 is 17.9 Å². The van der Waals surface area contributed by atoms with Crippen LogP contribution in [-0.4, -0.2) is 75.7 Å². The minimum atomic E-state index is -0.846. The third-order valence-electron chi connectivity index (χ3n) is 7.58. The molecule has 0 saturated carbocycles. The van der Waals surface area contributed by atoms with Gasteiger partial charge in [-0.3, -0.25) is 9.59 Å². The van der Waals surface area contributed by atoms with Gasteiger partial charge in [0.2, 0.25) is 11.8 Å². The molecule has 3 fully saturated rings. The Balaban J connectivity index is 1.50. The van der Waals surface area contributed by atoms with Gasteiger partial charge in [0.25, 0.3) is 0 Å². The van der Waals surface area contributed by atoms with Gasteiger partial charge in [-0.1, -0.05) is 37.3 Å². The molecule has 0 radical (unpaired) electrons. The number of nitrogens with zero attached hydrogens (tertiary/aromatic N) is 2. The number of ether oxygens (including phenoxy) is 1. The van der Waals surface area contributed by atoms with Gasteiger partial charge in [0.1, 0.15) is 17.7 Å². The van der Waals surface area contributed by atoms with E-state index in [2.05, 4.69) is 17.4 Å². The maximum atomic E-state index is 13.8. The lowest BCUT2D eigenvalue weighted by atomic mass is 9.88. The number of benzene rings is 1. The SMILES string of the molecule is C[C@@H]1C[C@H](NC(=O)OC(C)(C)C)C(=O)N2[C@H](CC[C@H]2C(=O)N2CC[C@@H](c3ccccc3)C2)C[C@H]1O. The van der Waals surface area contributed by atoms with E-state index in [0.717, 1.165) is 6.42 Å². The van der Waals surface area contributed by atoms with Crippen LogP contribution in [-0.2, 0) is 14.3 Å². The lowest BCUT2D eigenvalue weighted by molar-refractivity contribution is -0.148. The van der Waals surface area contributed by atoms with Crippen LogP contribution in [0.2, 0.25) is 0 Å². The minimum Gasteiger partial charge on any atom is -0.444 e. The van der Waals surface area contributed by atoms with E-state index in [1.807, 2.05) is 30.0 Å². The van der Waals surface area contributed by atoms with E-state index in [4.69, 9.17) is 4.74 Å². The van der Waals surface area contributed by atoms with Gasteiger partial charge in [0.15, 0.2) is 0 Å². The van der Waals surface area contributed by atoms with Crippen molar-refractivity contribution in [3.05, 3.63) is 35.9 Å². The van der Waals surface area contributed by atoms with Crippen LogP contribution in [0.4, 0.5) is 4.79 Å². The highest BCUT2D eigenvalue weighted by Crippen LogP contribution is 2.35. The smallest absolute Gasteiger partial charge is 0.408 e. The van der Waals surface area contributed by atoms with E-state index in [1.54, 1.807) is 25.7 Å². The highest BCUT2D eigenvalue weighted by Gasteiger charge is 2.48. The van der Waals surface area contributed by atoms with Crippen LogP contribution in [0.3, 0.4) is 0 Å². The molecule has 0 spiro atoms. The van der Waals surface area contributed by atoms with Crippen molar-refractivity contribution in [3.63, 3.8) is 0 Å². The van der Waals surface area contributed by atoms with Gasteiger partial charge in [-0.2, -0.15) is 0 Å². The molecule has 1 aromatic carbocycles. The van der Waals surface area contributed by atoms with Crippen LogP contribution >= 0.6 is 0 Å². The lowest BCUT2D eigenvalue weighted by Crippen LogP contribution is -2.58. The van der Waals surface area contributed by atoms with Crippen molar-refractivity contribution in [2.75, 3.05) is 13.1 Å². The molecule has 0 aromatic heterocycles. The van der Waals surface area contributed by atoms with Crippen LogP contribution in [0.5, 0.6) is 0 Å². The summed E-state index contributed by atoms with van der Waals surface area (Å²) in [5.41, 5.74) is 0.535. The van der Waals surface area contributed by atoms with Crippen LogP contribution < -0.4 is 5.32 Å². The van der Waals surface area contributed by atoms with E-state index < -0.39 is 29.9 Å².